The van der Waals surface area contributed by atoms with Crippen LogP contribution >= 0.6 is 0 Å². The summed E-state index contributed by atoms with van der Waals surface area (Å²) >= 11 is 0. The van der Waals surface area contributed by atoms with E-state index < -0.39 is 0 Å². The molecule has 4 heteroatoms. The van der Waals surface area contributed by atoms with Gasteiger partial charge < -0.3 is 15.1 Å². The first-order valence-electron chi connectivity index (χ1n) is 8.82. The highest BCUT2D eigenvalue weighted by molar-refractivity contribution is 5.81. The Hall–Kier alpha value is -0.610. The van der Waals surface area contributed by atoms with Gasteiger partial charge in [-0.1, -0.05) is 19.3 Å². The summed E-state index contributed by atoms with van der Waals surface area (Å²) in [6.07, 6.45) is 8.03. The molecule has 1 aliphatic rings. The van der Waals surface area contributed by atoms with E-state index in [9.17, 15) is 4.79 Å². The summed E-state index contributed by atoms with van der Waals surface area (Å²) in [4.78, 5) is 16.5. The van der Waals surface area contributed by atoms with Crippen molar-refractivity contribution in [2.45, 2.75) is 71.4 Å². The quantitative estimate of drug-likeness (QED) is 0.664. The van der Waals surface area contributed by atoms with Gasteiger partial charge in [-0.05, 0) is 60.2 Å². The first kappa shape index (κ1) is 18.4. The summed E-state index contributed by atoms with van der Waals surface area (Å²) in [5.74, 6) is 0.223. The van der Waals surface area contributed by atoms with Crippen molar-refractivity contribution >= 4 is 5.91 Å². The Morgan fingerprint density at radius 3 is 2.38 bits per heavy atom. The van der Waals surface area contributed by atoms with Crippen LogP contribution in [0.2, 0.25) is 0 Å². The number of carbonyl (C=O) groups is 1. The molecule has 1 saturated carbocycles. The predicted molar refractivity (Wildman–Crippen MR) is 89.5 cm³/mol. The van der Waals surface area contributed by atoms with Gasteiger partial charge in [0.05, 0.1) is 6.04 Å². The molecule has 0 aliphatic heterocycles. The summed E-state index contributed by atoms with van der Waals surface area (Å²) in [6, 6.07) is 0.721. The number of hydrogen-bond donors (Lipinski definition) is 1. The van der Waals surface area contributed by atoms with Crippen molar-refractivity contribution in [1.82, 2.24) is 15.1 Å². The third-order valence-electron chi connectivity index (χ3n) is 4.78. The Labute approximate surface area is 131 Å². The Kier molecular flexibility index (Phi) is 8.93. The number of carbonyl (C=O) groups excluding carboxylic acids is 1. The van der Waals surface area contributed by atoms with Crippen LogP contribution in [0.15, 0.2) is 0 Å². The summed E-state index contributed by atoms with van der Waals surface area (Å²) in [7, 11) is 2.25. The van der Waals surface area contributed by atoms with Gasteiger partial charge >= 0.3 is 0 Å². The van der Waals surface area contributed by atoms with Gasteiger partial charge in [0, 0.05) is 19.1 Å². The van der Waals surface area contributed by atoms with Crippen LogP contribution in [0.3, 0.4) is 0 Å². The Bertz CT molecular complexity index is 286. The number of nitrogens with one attached hydrogen (secondary N) is 1. The molecule has 0 heterocycles. The van der Waals surface area contributed by atoms with Gasteiger partial charge in [-0.3, -0.25) is 4.79 Å². The lowest BCUT2D eigenvalue weighted by Gasteiger charge is -2.31. The molecule has 0 aromatic carbocycles. The summed E-state index contributed by atoms with van der Waals surface area (Å²) in [5.41, 5.74) is 0. The fourth-order valence-corrected chi connectivity index (χ4v) is 3.25. The first-order valence-corrected chi connectivity index (χ1v) is 8.82. The molecule has 1 amide bonds. The van der Waals surface area contributed by atoms with E-state index in [-0.39, 0.29) is 11.9 Å². The van der Waals surface area contributed by atoms with Crippen LogP contribution in [0.4, 0.5) is 0 Å². The van der Waals surface area contributed by atoms with E-state index in [1.54, 1.807) is 0 Å². The molecular weight excluding hydrogens is 262 g/mol. The number of nitrogens with zero attached hydrogens (tertiary/aromatic N) is 2. The maximum atomic E-state index is 12.1. The minimum atomic E-state index is -0.0649. The average molecular weight is 297 g/mol. The molecule has 21 heavy (non-hydrogen) atoms. The van der Waals surface area contributed by atoms with Gasteiger partial charge in [0.2, 0.25) is 5.91 Å². The van der Waals surface area contributed by atoms with Crippen LogP contribution in [0.5, 0.6) is 0 Å². The van der Waals surface area contributed by atoms with Crippen LogP contribution in [0.1, 0.15) is 59.3 Å². The van der Waals surface area contributed by atoms with E-state index >= 15 is 0 Å². The van der Waals surface area contributed by atoms with Gasteiger partial charge in [0.1, 0.15) is 0 Å². The fraction of sp³-hybridized carbons (Fsp3) is 0.941. The van der Waals surface area contributed by atoms with Crippen LogP contribution < -0.4 is 5.32 Å². The highest BCUT2D eigenvalue weighted by Crippen LogP contribution is 2.21. The SMILES string of the molecule is CCN(CC)C(=O)C(C)NCCCN(C)C1CCCCC1. The number of rotatable bonds is 9. The van der Waals surface area contributed by atoms with Crippen molar-refractivity contribution < 1.29 is 4.79 Å². The van der Waals surface area contributed by atoms with E-state index in [0.717, 1.165) is 38.6 Å². The normalized spacial score (nSPS) is 18.0. The molecule has 4 nitrogen and oxygen atoms in total. The summed E-state index contributed by atoms with van der Waals surface area (Å²) in [5, 5.41) is 3.37. The van der Waals surface area contributed by atoms with Crippen molar-refractivity contribution in [3.63, 3.8) is 0 Å². The molecule has 1 atom stereocenters. The lowest BCUT2D eigenvalue weighted by atomic mass is 9.94. The fourth-order valence-electron chi connectivity index (χ4n) is 3.25. The van der Waals surface area contributed by atoms with Crippen molar-refractivity contribution in [2.75, 3.05) is 33.2 Å². The maximum absolute atomic E-state index is 12.1. The molecule has 0 aromatic rings. The van der Waals surface area contributed by atoms with Crippen LogP contribution in [0.25, 0.3) is 0 Å². The second-order valence-electron chi connectivity index (χ2n) is 6.31. The van der Waals surface area contributed by atoms with E-state index in [1.165, 1.54) is 32.1 Å². The predicted octanol–water partition coefficient (Wildman–Crippen LogP) is 2.49. The van der Waals surface area contributed by atoms with Crippen molar-refractivity contribution in [2.24, 2.45) is 0 Å². The van der Waals surface area contributed by atoms with Crippen LogP contribution in [-0.2, 0) is 4.79 Å². The Balaban J connectivity index is 2.16. The van der Waals surface area contributed by atoms with E-state index in [4.69, 9.17) is 0 Å². The van der Waals surface area contributed by atoms with Gasteiger partial charge in [0.15, 0.2) is 0 Å². The highest BCUT2D eigenvalue weighted by atomic mass is 16.2. The van der Waals surface area contributed by atoms with Gasteiger partial charge in [-0.2, -0.15) is 0 Å². The first-order chi connectivity index (χ1) is 10.1. The van der Waals surface area contributed by atoms with Crippen LogP contribution in [-0.4, -0.2) is 61.0 Å². The maximum Gasteiger partial charge on any atom is 0.239 e. The lowest BCUT2D eigenvalue weighted by Crippen LogP contribution is -2.45. The Morgan fingerprint density at radius 2 is 1.81 bits per heavy atom. The number of amides is 1. The second kappa shape index (κ2) is 10.2. The van der Waals surface area contributed by atoms with Crippen molar-refractivity contribution in [3.05, 3.63) is 0 Å². The molecule has 0 spiro atoms. The lowest BCUT2D eigenvalue weighted by molar-refractivity contribution is -0.132. The van der Waals surface area contributed by atoms with Gasteiger partial charge in [0.25, 0.3) is 0 Å². The molecule has 0 radical (unpaired) electrons. The van der Waals surface area contributed by atoms with Crippen molar-refractivity contribution in [3.8, 4) is 0 Å². The van der Waals surface area contributed by atoms with Crippen LogP contribution in [0, 0.1) is 0 Å². The van der Waals surface area contributed by atoms with E-state index in [0.29, 0.717) is 0 Å². The standard InChI is InChI=1S/C17H35N3O/c1-5-20(6-2)17(21)15(3)18-13-10-14-19(4)16-11-8-7-9-12-16/h15-16,18H,5-14H2,1-4H3. The molecule has 124 valence electrons. The zero-order chi connectivity index (χ0) is 15.7. The topological polar surface area (TPSA) is 35.6 Å². The monoisotopic (exact) mass is 297 g/mol. The number of hydrogen-bond acceptors (Lipinski definition) is 3. The smallest absolute Gasteiger partial charge is 0.239 e. The van der Waals surface area contributed by atoms with E-state index in [1.807, 2.05) is 25.7 Å². The van der Waals surface area contributed by atoms with Crippen molar-refractivity contribution in [1.29, 1.82) is 0 Å². The highest BCUT2D eigenvalue weighted by Gasteiger charge is 2.19. The molecular formula is C17H35N3O. The third kappa shape index (κ3) is 6.35. The van der Waals surface area contributed by atoms with Gasteiger partial charge in [-0.15, -0.1) is 0 Å². The Morgan fingerprint density at radius 1 is 1.19 bits per heavy atom. The second-order valence-corrected chi connectivity index (χ2v) is 6.31. The zero-order valence-electron chi connectivity index (χ0n) is 14.5. The average Bonchev–Trinajstić information content (AvgIpc) is 2.53. The minimum Gasteiger partial charge on any atom is -0.342 e. The molecule has 1 N–H and O–H groups in total. The molecule has 1 unspecified atom stereocenters. The largest absolute Gasteiger partial charge is 0.342 e. The molecule has 1 aliphatic carbocycles. The number of likely N-dealkylation sites (N-methyl/N-ethyl adjacent to an activating group) is 1. The molecule has 0 bridgehead atoms. The molecule has 0 saturated heterocycles. The van der Waals surface area contributed by atoms with Gasteiger partial charge in [-0.25, -0.2) is 0 Å². The molecule has 1 rings (SSSR count). The summed E-state index contributed by atoms with van der Waals surface area (Å²) in [6.45, 7) is 9.69. The minimum absolute atomic E-state index is 0.0649. The summed E-state index contributed by atoms with van der Waals surface area (Å²) < 4.78 is 0. The van der Waals surface area contributed by atoms with E-state index in [2.05, 4.69) is 17.3 Å². The molecule has 0 aromatic heterocycles. The third-order valence-corrected chi connectivity index (χ3v) is 4.78. The molecule has 1 fully saturated rings. The zero-order valence-corrected chi connectivity index (χ0v) is 14.5.